The number of hydrogen-bond donors (Lipinski definition) is 0. The van der Waals surface area contributed by atoms with Gasteiger partial charge in [-0.2, -0.15) is 0 Å². The van der Waals surface area contributed by atoms with Crippen LogP contribution in [0.25, 0.3) is 0 Å². The van der Waals surface area contributed by atoms with Crippen molar-refractivity contribution in [1.82, 2.24) is 0 Å². The van der Waals surface area contributed by atoms with Gasteiger partial charge in [0.05, 0.1) is 0 Å². The molecule has 0 saturated carbocycles. The molecule has 0 aromatic heterocycles. The van der Waals surface area contributed by atoms with E-state index >= 15 is 0 Å². The molecule has 1 aromatic carbocycles. The Kier molecular flexibility index (Phi) is 8.76. The van der Waals surface area contributed by atoms with E-state index in [1.54, 1.807) is 0 Å². The lowest BCUT2D eigenvalue weighted by Crippen LogP contribution is -1.94. The zero-order chi connectivity index (χ0) is 13.9. The molecule has 0 bridgehead atoms. The van der Waals surface area contributed by atoms with Crippen molar-refractivity contribution in [2.75, 3.05) is 0 Å². The Hall–Kier alpha value is -0.670. The maximum Gasteiger partial charge on any atom is 0.0353 e. The zero-order valence-electron chi connectivity index (χ0n) is 11.9. The standard InChI is InChI=1S/C16H26O2S/c1-2-3-4-5-6-7-8-9-15-10-12-16(13-11-15)14-19(17)18/h10-13H,2-9,14H2,1H3,(H,17,18)/p-1. The Morgan fingerprint density at radius 2 is 1.42 bits per heavy atom. The molecule has 0 aliphatic carbocycles. The predicted molar refractivity (Wildman–Crippen MR) is 80.8 cm³/mol. The topological polar surface area (TPSA) is 40.1 Å². The van der Waals surface area contributed by atoms with E-state index in [1.807, 2.05) is 12.1 Å². The van der Waals surface area contributed by atoms with E-state index in [-0.39, 0.29) is 5.75 Å². The third-order valence-corrected chi connectivity index (χ3v) is 3.95. The van der Waals surface area contributed by atoms with Gasteiger partial charge in [-0.05, 0) is 24.0 Å². The van der Waals surface area contributed by atoms with Crippen molar-refractivity contribution < 1.29 is 8.76 Å². The number of unbranched alkanes of at least 4 members (excludes halogenated alkanes) is 6. The van der Waals surface area contributed by atoms with Gasteiger partial charge in [0.25, 0.3) is 0 Å². The summed E-state index contributed by atoms with van der Waals surface area (Å²) >= 11 is -1.98. The maximum atomic E-state index is 10.6. The van der Waals surface area contributed by atoms with Crippen molar-refractivity contribution >= 4 is 11.1 Å². The van der Waals surface area contributed by atoms with Gasteiger partial charge in [-0.25, -0.2) is 0 Å². The first-order chi connectivity index (χ1) is 9.22. The summed E-state index contributed by atoms with van der Waals surface area (Å²) in [5.41, 5.74) is 2.19. The lowest BCUT2D eigenvalue weighted by molar-refractivity contribution is 0.536. The molecule has 0 N–H and O–H groups in total. The van der Waals surface area contributed by atoms with Gasteiger partial charge in [-0.3, -0.25) is 4.21 Å². The van der Waals surface area contributed by atoms with E-state index in [4.69, 9.17) is 0 Å². The van der Waals surface area contributed by atoms with Crippen molar-refractivity contribution in [3.63, 3.8) is 0 Å². The smallest absolute Gasteiger partial charge is 0.0353 e. The first-order valence-electron chi connectivity index (χ1n) is 7.36. The second-order valence-electron chi connectivity index (χ2n) is 5.14. The van der Waals surface area contributed by atoms with Crippen LogP contribution in [0.1, 0.15) is 63.0 Å². The average Bonchev–Trinajstić information content (AvgIpc) is 2.39. The van der Waals surface area contributed by atoms with Gasteiger partial charge >= 0.3 is 0 Å². The molecule has 1 unspecified atom stereocenters. The highest BCUT2D eigenvalue weighted by molar-refractivity contribution is 7.78. The van der Waals surface area contributed by atoms with E-state index in [9.17, 15) is 8.76 Å². The number of aryl methyl sites for hydroxylation is 1. The Morgan fingerprint density at radius 1 is 0.895 bits per heavy atom. The van der Waals surface area contributed by atoms with Crippen molar-refractivity contribution in [3.8, 4) is 0 Å². The minimum absolute atomic E-state index is 0.123. The normalized spacial score (nSPS) is 12.5. The van der Waals surface area contributed by atoms with Gasteiger partial charge < -0.3 is 4.55 Å². The van der Waals surface area contributed by atoms with Crippen LogP contribution in [0.4, 0.5) is 0 Å². The van der Waals surface area contributed by atoms with Crippen molar-refractivity contribution in [2.24, 2.45) is 0 Å². The van der Waals surface area contributed by atoms with Crippen LogP contribution in [0.5, 0.6) is 0 Å². The Labute approximate surface area is 119 Å². The molecule has 0 saturated heterocycles. The Bertz CT molecular complexity index is 360. The molecular formula is C16H25O2S-. The summed E-state index contributed by atoms with van der Waals surface area (Å²) in [4.78, 5) is 0. The van der Waals surface area contributed by atoms with Crippen LogP contribution in [0, 0.1) is 0 Å². The van der Waals surface area contributed by atoms with Crippen molar-refractivity contribution in [3.05, 3.63) is 35.4 Å². The van der Waals surface area contributed by atoms with E-state index in [0.717, 1.165) is 12.0 Å². The molecule has 1 aromatic rings. The van der Waals surface area contributed by atoms with E-state index in [2.05, 4.69) is 19.1 Å². The summed E-state index contributed by atoms with van der Waals surface area (Å²) in [6, 6.07) is 7.96. The molecule has 108 valence electrons. The average molecular weight is 281 g/mol. The fourth-order valence-corrected chi connectivity index (χ4v) is 2.69. The van der Waals surface area contributed by atoms with Crippen LogP contribution < -0.4 is 0 Å². The predicted octanol–water partition coefficient (Wildman–Crippen LogP) is 4.36. The quantitative estimate of drug-likeness (QED) is 0.472. The van der Waals surface area contributed by atoms with Crippen LogP contribution in [0.15, 0.2) is 24.3 Å². The highest BCUT2D eigenvalue weighted by Crippen LogP contribution is 2.12. The molecule has 0 aliphatic heterocycles. The van der Waals surface area contributed by atoms with Crippen LogP contribution in [0.3, 0.4) is 0 Å². The fraction of sp³-hybridized carbons (Fsp3) is 0.625. The summed E-state index contributed by atoms with van der Waals surface area (Å²) in [5.74, 6) is 0.123. The largest absolute Gasteiger partial charge is 0.772 e. The van der Waals surface area contributed by atoms with Crippen molar-refractivity contribution in [1.29, 1.82) is 0 Å². The molecular weight excluding hydrogens is 256 g/mol. The van der Waals surface area contributed by atoms with Gasteiger partial charge in [0.15, 0.2) is 0 Å². The summed E-state index contributed by atoms with van der Waals surface area (Å²) in [5, 5.41) is 0. The van der Waals surface area contributed by atoms with Crippen LogP contribution in [0.2, 0.25) is 0 Å². The van der Waals surface area contributed by atoms with Gasteiger partial charge in [0, 0.05) is 5.75 Å². The summed E-state index contributed by atoms with van der Waals surface area (Å²) in [6.45, 7) is 2.24. The SMILES string of the molecule is CCCCCCCCCc1ccc(CS(=O)[O-])cc1. The number of benzene rings is 1. The minimum atomic E-state index is -1.98. The molecule has 3 heteroatoms. The van der Waals surface area contributed by atoms with Gasteiger partial charge in [-0.15, -0.1) is 0 Å². The number of hydrogen-bond acceptors (Lipinski definition) is 2. The number of rotatable bonds is 10. The lowest BCUT2D eigenvalue weighted by atomic mass is 10.0. The van der Waals surface area contributed by atoms with Crippen LogP contribution >= 0.6 is 0 Å². The van der Waals surface area contributed by atoms with Crippen LogP contribution in [-0.4, -0.2) is 8.76 Å². The molecule has 0 heterocycles. The van der Waals surface area contributed by atoms with Gasteiger partial charge in [-0.1, -0.05) is 80.8 Å². The van der Waals surface area contributed by atoms with E-state index in [1.165, 1.54) is 50.5 Å². The molecule has 1 atom stereocenters. The first kappa shape index (κ1) is 16.4. The molecule has 0 fully saturated rings. The van der Waals surface area contributed by atoms with Crippen LogP contribution in [-0.2, 0) is 23.3 Å². The molecule has 0 aliphatic rings. The van der Waals surface area contributed by atoms with Crippen molar-refractivity contribution in [2.45, 2.75) is 64.0 Å². The third-order valence-electron chi connectivity index (χ3n) is 3.38. The highest BCUT2D eigenvalue weighted by Gasteiger charge is 1.96. The second-order valence-corrected chi connectivity index (χ2v) is 6.03. The summed E-state index contributed by atoms with van der Waals surface area (Å²) < 4.78 is 21.1. The van der Waals surface area contributed by atoms with E-state index < -0.39 is 11.1 Å². The Morgan fingerprint density at radius 3 is 2.00 bits per heavy atom. The second kappa shape index (κ2) is 10.2. The van der Waals surface area contributed by atoms with E-state index in [0.29, 0.717) is 0 Å². The molecule has 1 rings (SSSR count). The monoisotopic (exact) mass is 281 g/mol. The maximum absolute atomic E-state index is 10.6. The zero-order valence-corrected chi connectivity index (χ0v) is 12.7. The molecule has 0 spiro atoms. The lowest BCUT2D eigenvalue weighted by Gasteiger charge is -2.06. The first-order valence-corrected chi connectivity index (χ1v) is 8.60. The molecule has 19 heavy (non-hydrogen) atoms. The molecule has 0 radical (unpaired) electrons. The molecule has 0 amide bonds. The molecule has 2 nitrogen and oxygen atoms in total. The van der Waals surface area contributed by atoms with Gasteiger partial charge in [0.1, 0.15) is 0 Å². The fourth-order valence-electron chi connectivity index (χ4n) is 2.22. The highest BCUT2D eigenvalue weighted by atomic mass is 32.2. The Balaban J connectivity index is 2.14. The summed E-state index contributed by atoms with van der Waals surface area (Å²) in [6.07, 6.45) is 10.4. The third kappa shape index (κ3) is 8.17. The summed E-state index contributed by atoms with van der Waals surface area (Å²) in [7, 11) is 0. The minimum Gasteiger partial charge on any atom is -0.772 e. The van der Waals surface area contributed by atoms with Gasteiger partial charge in [0.2, 0.25) is 0 Å².